The van der Waals surface area contributed by atoms with E-state index >= 15 is 0 Å². The van der Waals surface area contributed by atoms with E-state index in [1.807, 2.05) is 31.3 Å². The second-order valence-electron chi connectivity index (χ2n) is 7.04. The third-order valence-electron chi connectivity index (χ3n) is 5.25. The number of carbonyl (C=O) groups excluding carboxylic acids is 1. The number of benzene rings is 1. The second-order valence-corrected chi connectivity index (χ2v) is 7.04. The van der Waals surface area contributed by atoms with Gasteiger partial charge in [0, 0.05) is 32.7 Å². The number of carbonyl (C=O) groups is 1. The minimum atomic E-state index is -0.0450. The smallest absolute Gasteiger partial charge is 0.221 e. The van der Waals surface area contributed by atoms with E-state index in [1.54, 1.807) is 0 Å². The van der Waals surface area contributed by atoms with Gasteiger partial charge >= 0.3 is 0 Å². The van der Waals surface area contributed by atoms with E-state index in [1.165, 1.54) is 44.6 Å². The molecule has 0 spiro atoms. The minimum Gasteiger partial charge on any atom is -0.356 e. The van der Waals surface area contributed by atoms with Crippen molar-refractivity contribution in [3.05, 3.63) is 29.8 Å². The first kappa shape index (κ1) is 22.7. The lowest BCUT2D eigenvalue weighted by Crippen LogP contribution is -2.43. The second kappa shape index (κ2) is 11.4. The van der Waals surface area contributed by atoms with Crippen molar-refractivity contribution in [2.24, 2.45) is 10.4 Å². The zero-order chi connectivity index (χ0) is 18.1. The molecule has 1 fully saturated rings. The van der Waals surface area contributed by atoms with Crippen LogP contribution in [0.15, 0.2) is 29.3 Å². The monoisotopic (exact) mass is 472 g/mol. The fourth-order valence-electron chi connectivity index (χ4n) is 3.56. The van der Waals surface area contributed by atoms with Crippen LogP contribution in [0.2, 0.25) is 0 Å². The Hall–Kier alpha value is -1.31. The minimum absolute atomic E-state index is 0. The van der Waals surface area contributed by atoms with Gasteiger partial charge in [-0.05, 0) is 48.8 Å². The summed E-state index contributed by atoms with van der Waals surface area (Å²) in [4.78, 5) is 15.4. The number of hydrogen-bond acceptors (Lipinski definition) is 2. The molecule has 0 unspecified atom stereocenters. The molecule has 5 nitrogen and oxygen atoms in total. The van der Waals surface area contributed by atoms with E-state index in [0.29, 0.717) is 5.41 Å². The molecule has 0 heterocycles. The third kappa shape index (κ3) is 7.13. The molecule has 26 heavy (non-hydrogen) atoms. The van der Waals surface area contributed by atoms with Crippen LogP contribution >= 0.6 is 24.0 Å². The first-order valence-electron chi connectivity index (χ1n) is 9.38. The highest BCUT2D eigenvalue weighted by Crippen LogP contribution is 2.40. The Balaban J connectivity index is 0.00000338. The van der Waals surface area contributed by atoms with Crippen molar-refractivity contribution in [2.75, 3.05) is 25.5 Å². The lowest BCUT2D eigenvalue weighted by atomic mass is 9.83. The summed E-state index contributed by atoms with van der Waals surface area (Å²) in [5.41, 5.74) is 2.53. The van der Waals surface area contributed by atoms with Gasteiger partial charge in [0.15, 0.2) is 5.96 Å². The molecule has 1 aromatic carbocycles. The Kier molecular flexibility index (Phi) is 9.98. The fourth-order valence-corrected chi connectivity index (χ4v) is 3.56. The Morgan fingerprint density at radius 1 is 1.15 bits per heavy atom. The van der Waals surface area contributed by atoms with Crippen LogP contribution in [0.1, 0.15) is 51.5 Å². The number of halogens is 1. The van der Waals surface area contributed by atoms with Crippen LogP contribution in [-0.4, -0.2) is 32.0 Å². The molecule has 0 saturated heterocycles. The van der Waals surface area contributed by atoms with Crippen LogP contribution in [0.4, 0.5) is 5.69 Å². The van der Waals surface area contributed by atoms with Gasteiger partial charge in [0.2, 0.25) is 5.91 Å². The van der Waals surface area contributed by atoms with Gasteiger partial charge in [-0.1, -0.05) is 31.9 Å². The normalized spacial score (nSPS) is 15.9. The van der Waals surface area contributed by atoms with Gasteiger partial charge in [0.05, 0.1) is 0 Å². The van der Waals surface area contributed by atoms with Gasteiger partial charge in [-0.15, -0.1) is 24.0 Å². The molecule has 2 rings (SSSR count). The Bertz CT molecular complexity index is 580. The molecule has 146 valence electrons. The van der Waals surface area contributed by atoms with Crippen LogP contribution in [0.5, 0.6) is 0 Å². The first-order valence-corrected chi connectivity index (χ1v) is 9.38. The molecular formula is C20H33IN4O. The highest BCUT2D eigenvalue weighted by molar-refractivity contribution is 14.0. The number of nitrogens with zero attached hydrogens (tertiary/aromatic N) is 1. The van der Waals surface area contributed by atoms with Crippen molar-refractivity contribution in [1.29, 1.82) is 0 Å². The van der Waals surface area contributed by atoms with Gasteiger partial charge < -0.3 is 16.0 Å². The number of amides is 1. The summed E-state index contributed by atoms with van der Waals surface area (Å²) in [7, 11) is 1.82. The summed E-state index contributed by atoms with van der Waals surface area (Å²) >= 11 is 0. The SMILES string of the molecule is CCC1(CNC(=NC)NCCc2ccc(NC(C)=O)cc2)CCCC1.I. The quantitative estimate of drug-likeness (QED) is 0.320. The van der Waals surface area contributed by atoms with Gasteiger partial charge in [0.25, 0.3) is 0 Å². The molecule has 1 aliphatic rings. The summed E-state index contributed by atoms with van der Waals surface area (Å²) in [6.07, 6.45) is 7.52. The van der Waals surface area contributed by atoms with Crippen molar-refractivity contribution in [2.45, 2.75) is 52.4 Å². The molecule has 3 N–H and O–H groups in total. The maximum Gasteiger partial charge on any atom is 0.221 e. The van der Waals surface area contributed by atoms with E-state index in [2.05, 4.69) is 27.9 Å². The zero-order valence-electron chi connectivity index (χ0n) is 16.2. The topological polar surface area (TPSA) is 65.5 Å². The molecule has 0 aliphatic heterocycles. The lowest BCUT2D eigenvalue weighted by Gasteiger charge is -2.28. The molecule has 1 amide bonds. The van der Waals surface area contributed by atoms with Gasteiger partial charge in [-0.25, -0.2) is 0 Å². The summed E-state index contributed by atoms with van der Waals surface area (Å²) in [5.74, 6) is 0.839. The van der Waals surface area contributed by atoms with E-state index < -0.39 is 0 Å². The van der Waals surface area contributed by atoms with Crippen molar-refractivity contribution in [1.82, 2.24) is 10.6 Å². The number of hydrogen-bond donors (Lipinski definition) is 3. The lowest BCUT2D eigenvalue weighted by molar-refractivity contribution is -0.114. The van der Waals surface area contributed by atoms with E-state index in [0.717, 1.165) is 31.2 Å². The summed E-state index contributed by atoms with van der Waals surface area (Å²) in [5, 5.41) is 9.69. The maximum absolute atomic E-state index is 11.0. The molecule has 6 heteroatoms. The summed E-state index contributed by atoms with van der Waals surface area (Å²) < 4.78 is 0. The van der Waals surface area contributed by atoms with Crippen molar-refractivity contribution in [3.8, 4) is 0 Å². The molecule has 1 aliphatic carbocycles. The molecule has 0 bridgehead atoms. The highest BCUT2D eigenvalue weighted by Gasteiger charge is 2.31. The summed E-state index contributed by atoms with van der Waals surface area (Å²) in [6.45, 7) is 5.66. The number of aliphatic imine (C=N–C) groups is 1. The molecule has 0 aromatic heterocycles. The van der Waals surface area contributed by atoms with Crippen molar-refractivity contribution >= 4 is 41.5 Å². The molecule has 0 radical (unpaired) electrons. The van der Waals surface area contributed by atoms with Gasteiger partial charge in [-0.2, -0.15) is 0 Å². The van der Waals surface area contributed by atoms with Gasteiger partial charge in [0.1, 0.15) is 0 Å². The Morgan fingerprint density at radius 2 is 1.81 bits per heavy atom. The standard InChI is InChI=1S/C20H32N4O.HI/c1-4-20(12-5-6-13-20)15-23-19(21-3)22-14-11-17-7-9-18(10-8-17)24-16(2)25;/h7-10H,4-6,11-15H2,1-3H3,(H,24,25)(H2,21,22,23);1H. The molecular weight excluding hydrogens is 439 g/mol. The molecule has 0 atom stereocenters. The number of anilines is 1. The average Bonchev–Trinajstić information content (AvgIpc) is 3.08. The van der Waals surface area contributed by atoms with Crippen LogP contribution in [0.3, 0.4) is 0 Å². The van der Waals surface area contributed by atoms with Crippen LogP contribution < -0.4 is 16.0 Å². The van der Waals surface area contributed by atoms with Crippen molar-refractivity contribution in [3.63, 3.8) is 0 Å². The fraction of sp³-hybridized carbons (Fsp3) is 0.600. The Labute approximate surface area is 174 Å². The molecule has 1 aromatic rings. The average molecular weight is 472 g/mol. The number of guanidine groups is 1. The highest BCUT2D eigenvalue weighted by atomic mass is 127. The van der Waals surface area contributed by atoms with E-state index in [9.17, 15) is 4.79 Å². The maximum atomic E-state index is 11.0. The number of nitrogens with one attached hydrogen (secondary N) is 3. The van der Waals surface area contributed by atoms with Gasteiger partial charge in [-0.3, -0.25) is 9.79 Å². The summed E-state index contributed by atoms with van der Waals surface area (Å²) in [6, 6.07) is 7.98. The van der Waals surface area contributed by atoms with Crippen molar-refractivity contribution < 1.29 is 4.79 Å². The Morgan fingerprint density at radius 3 is 2.35 bits per heavy atom. The zero-order valence-corrected chi connectivity index (χ0v) is 18.6. The van der Waals surface area contributed by atoms with Crippen LogP contribution in [0.25, 0.3) is 0 Å². The molecule has 1 saturated carbocycles. The number of rotatable bonds is 7. The first-order chi connectivity index (χ1) is 12.1. The van der Waals surface area contributed by atoms with Crippen LogP contribution in [-0.2, 0) is 11.2 Å². The van der Waals surface area contributed by atoms with E-state index in [-0.39, 0.29) is 29.9 Å². The van der Waals surface area contributed by atoms with E-state index in [4.69, 9.17) is 0 Å². The predicted octanol–water partition coefficient (Wildman–Crippen LogP) is 3.94. The van der Waals surface area contributed by atoms with Crippen LogP contribution in [0, 0.1) is 5.41 Å². The predicted molar refractivity (Wildman–Crippen MR) is 120 cm³/mol. The third-order valence-corrected chi connectivity index (χ3v) is 5.25. The largest absolute Gasteiger partial charge is 0.356 e.